The van der Waals surface area contributed by atoms with Crippen molar-refractivity contribution in [2.24, 2.45) is 0 Å². The summed E-state index contributed by atoms with van der Waals surface area (Å²) in [6.07, 6.45) is 2.08. The molecule has 1 heterocycles. The van der Waals surface area contributed by atoms with Crippen LogP contribution >= 0.6 is 46.3 Å². The molecular formula is C22H15Cl2NS2. The van der Waals surface area contributed by atoms with Crippen LogP contribution in [0.5, 0.6) is 0 Å². The second-order valence-electron chi connectivity index (χ2n) is 5.88. The van der Waals surface area contributed by atoms with E-state index in [1.54, 1.807) is 23.1 Å². The Bertz CT molecular complexity index is 1090. The van der Waals surface area contributed by atoms with Crippen LogP contribution in [-0.2, 0) is 0 Å². The van der Waals surface area contributed by atoms with Crippen molar-refractivity contribution in [3.05, 3.63) is 82.8 Å². The third-order valence-corrected chi connectivity index (χ3v) is 6.75. The van der Waals surface area contributed by atoms with Gasteiger partial charge in [0.25, 0.3) is 0 Å². The number of halogens is 2. The number of rotatable bonds is 4. The third kappa shape index (κ3) is 3.78. The van der Waals surface area contributed by atoms with E-state index in [4.69, 9.17) is 28.2 Å². The second-order valence-corrected chi connectivity index (χ2v) is 8.58. The normalized spacial score (nSPS) is 10.9. The van der Waals surface area contributed by atoms with E-state index in [0.717, 1.165) is 32.3 Å². The Hall–Kier alpha value is -1.78. The summed E-state index contributed by atoms with van der Waals surface area (Å²) in [6.45, 7) is 0. The van der Waals surface area contributed by atoms with Gasteiger partial charge in [0.1, 0.15) is 5.01 Å². The molecule has 0 spiro atoms. The fraction of sp³-hybridized carbons (Fsp3) is 0.0455. The van der Waals surface area contributed by atoms with Crippen molar-refractivity contribution in [3.8, 4) is 32.3 Å². The molecule has 0 fully saturated rings. The monoisotopic (exact) mass is 427 g/mol. The summed E-state index contributed by atoms with van der Waals surface area (Å²) in [6, 6.07) is 24.1. The fourth-order valence-corrected chi connectivity index (χ4v) is 4.88. The Labute approximate surface area is 177 Å². The molecule has 0 saturated carbocycles. The Morgan fingerprint density at radius 3 is 1.96 bits per heavy atom. The molecule has 0 saturated heterocycles. The number of benzene rings is 3. The van der Waals surface area contributed by atoms with Crippen LogP contribution in [0, 0.1) is 0 Å². The zero-order valence-corrected chi connectivity index (χ0v) is 17.6. The number of thioether (sulfide) groups is 1. The van der Waals surface area contributed by atoms with Crippen LogP contribution in [0.2, 0.25) is 10.0 Å². The van der Waals surface area contributed by atoms with Crippen molar-refractivity contribution < 1.29 is 0 Å². The van der Waals surface area contributed by atoms with E-state index in [9.17, 15) is 0 Å². The number of hydrogen-bond acceptors (Lipinski definition) is 3. The van der Waals surface area contributed by atoms with Crippen LogP contribution in [0.3, 0.4) is 0 Å². The summed E-state index contributed by atoms with van der Waals surface area (Å²) in [5.74, 6) is 0. The number of aromatic nitrogens is 1. The first-order chi connectivity index (χ1) is 13.2. The Morgan fingerprint density at radius 2 is 1.37 bits per heavy atom. The molecule has 0 N–H and O–H groups in total. The molecule has 0 unspecified atom stereocenters. The van der Waals surface area contributed by atoms with Gasteiger partial charge in [-0.1, -0.05) is 71.7 Å². The topological polar surface area (TPSA) is 12.9 Å². The van der Waals surface area contributed by atoms with E-state index in [2.05, 4.69) is 30.5 Å². The van der Waals surface area contributed by atoms with E-state index in [1.165, 1.54) is 4.90 Å². The van der Waals surface area contributed by atoms with E-state index >= 15 is 0 Å². The SMILES string of the molecule is CSc1ccc(-c2sc(-c3ccccc3Cl)nc2-c2ccccc2Cl)cc1. The Morgan fingerprint density at radius 1 is 0.778 bits per heavy atom. The average Bonchev–Trinajstić information content (AvgIpc) is 3.13. The Balaban J connectivity index is 1.93. The zero-order valence-electron chi connectivity index (χ0n) is 14.4. The zero-order chi connectivity index (χ0) is 18.8. The maximum Gasteiger partial charge on any atom is 0.126 e. The molecule has 134 valence electrons. The van der Waals surface area contributed by atoms with Crippen LogP contribution in [0.25, 0.3) is 32.3 Å². The molecule has 4 rings (SSSR count). The molecule has 5 heteroatoms. The van der Waals surface area contributed by atoms with E-state index in [1.807, 2.05) is 48.5 Å². The molecule has 0 radical (unpaired) electrons. The molecule has 0 aliphatic rings. The van der Waals surface area contributed by atoms with Gasteiger partial charge >= 0.3 is 0 Å². The molecular weight excluding hydrogens is 413 g/mol. The number of hydrogen-bond donors (Lipinski definition) is 0. The molecule has 1 nitrogen and oxygen atoms in total. The highest BCUT2D eigenvalue weighted by atomic mass is 35.5. The minimum absolute atomic E-state index is 0.690. The van der Waals surface area contributed by atoms with Crippen LogP contribution in [0.15, 0.2) is 77.7 Å². The summed E-state index contributed by atoms with van der Waals surface area (Å²) >= 11 is 16.3. The number of nitrogens with zero attached hydrogens (tertiary/aromatic N) is 1. The lowest BCUT2D eigenvalue weighted by Gasteiger charge is -2.05. The minimum atomic E-state index is 0.690. The third-order valence-electron chi connectivity index (χ3n) is 4.21. The molecule has 3 aromatic carbocycles. The van der Waals surface area contributed by atoms with Gasteiger partial charge in [0, 0.05) is 16.0 Å². The minimum Gasteiger partial charge on any atom is -0.235 e. The van der Waals surface area contributed by atoms with E-state index < -0.39 is 0 Å². The molecule has 27 heavy (non-hydrogen) atoms. The fourth-order valence-electron chi connectivity index (χ4n) is 2.84. The summed E-state index contributed by atoms with van der Waals surface area (Å²) in [5, 5.41) is 2.27. The molecule has 0 aliphatic carbocycles. The van der Waals surface area contributed by atoms with Crippen LogP contribution < -0.4 is 0 Å². The van der Waals surface area contributed by atoms with E-state index in [0.29, 0.717) is 10.0 Å². The lowest BCUT2D eigenvalue weighted by atomic mass is 10.1. The van der Waals surface area contributed by atoms with Gasteiger partial charge in [0.2, 0.25) is 0 Å². The predicted octanol–water partition coefficient (Wildman–Crippen LogP) is 8.17. The summed E-state index contributed by atoms with van der Waals surface area (Å²) in [4.78, 5) is 7.25. The van der Waals surface area contributed by atoms with Gasteiger partial charge in [-0.2, -0.15) is 0 Å². The number of thiazole rings is 1. The van der Waals surface area contributed by atoms with Crippen molar-refractivity contribution in [2.75, 3.05) is 6.26 Å². The van der Waals surface area contributed by atoms with Crippen LogP contribution in [-0.4, -0.2) is 11.2 Å². The van der Waals surface area contributed by atoms with Gasteiger partial charge < -0.3 is 0 Å². The van der Waals surface area contributed by atoms with Gasteiger partial charge in [-0.25, -0.2) is 4.98 Å². The lowest BCUT2D eigenvalue weighted by molar-refractivity contribution is 1.39. The predicted molar refractivity (Wildman–Crippen MR) is 120 cm³/mol. The lowest BCUT2D eigenvalue weighted by Crippen LogP contribution is -1.84. The highest BCUT2D eigenvalue weighted by Gasteiger charge is 2.19. The molecule has 0 aliphatic heterocycles. The second kappa shape index (κ2) is 8.07. The average molecular weight is 428 g/mol. The van der Waals surface area contributed by atoms with Crippen molar-refractivity contribution in [1.29, 1.82) is 0 Å². The van der Waals surface area contributed by atoms with Gasteiger partial charge in [-0.15, -0.1) is 23.1 Å². The summed E-state index contributed by atoms with van der Waals surface area (Å²) < 4.78 is 0. The smallest absolute Gasteiger partial charge is 0.126 e. The van der Waals surface area contributed by atoms with Crippen molar-refractivity contribution in [3.63, 3.8) is 0 Å². The highest BCUT2D eigenvalue weighted by Crippen LogP contribution is 2.43. The quantitative estimate of drug-likeness (QED) is 0.304. The maximum absolute atomic E-state index is 6.49. The van der Waals surface area contributed by atoms with E-state index in [-0.39, 0.29) is 0 Å². The largest absolute Gasteiger partial charge is 0.235 e. The standard InChI is InChI=1S/C22H15Cl2NS2/c1-26-15-12-10-14(11-13-15)21-20(16-6-2-4-8-18(16)23)25-22(27-21)17-7-3-5-9-19(17)24/h2-13H,1H3. The Kier molecular flexibility index (Phi) is 5.55. The van der Waals surface area contributed by atoms with Crippen molar-refractivity contribution in [1.82, 2.24) is 4.98 Å². The highest BCUT2D eigenvalue weighted by molar-refractivity contribution is 7.98. The van der Waals surface area contributed by atoms with Gasteiger partial charge in [0.15, 0.2) is 0 Å². The maximum atomic E-state index is 6.49. The van der Waals surface area contributed by atoms with Crippen molar-refractivity contribution in [2.45, 2.75) is 4.90 Å². The first kappa shape index (κ1) is 18.6. The van der Waals surface area contributed by atoms with Crippen LogP contribution in [0.4, 0.5) is 0 Å². The first-order valence-electron chi connectivity index (χ1n) is 8.32. The molecule has 1 aromatic heterocycles. The molecule has 0 bridgehead atoms. The van der Waals surface area contributed by atoms with Gasteiger partial charge in [0.05, 0.1) is 20.6 Å². The summed E-state index contributed by atoms with van der Waals surface area (Å²) in [7, 11) is 0. The molecule has 0 atom stereocenters. The van der Waals surface area contributed by atoms with Crippen LogP contribution in [0.1, 0.15) is 0 Å². The molecule has 0 amide bonds. The molecule has 4 aromatic rings. The van der Waals surface area contributed by atoms with Gasteiger partial charge in [-0.3, -0.25) is 0 Å². The first-order valence-corrected chi connectivity index (χ1v) is 11.1. The van der Waals surface area contributed by atoms with Gasteiger partial charge in [-0.05, 0) is 36.1 Å². The summed E-state index contributed by atoms with van der Waals surface area (Å²) in [5.41, 5.74) is 3.87. The van der Waals surface area contributed by atoms with Crippen molar-refractivity contribution >= 4 is 46.3 Å².